The van der Waals surface area contributed by atoms with Crippen molar-refractivity contribution in [3.8, 4) is 0 Å². The van der Waals surface area contributed by atoms with Crippen LogP contribution in [0, 0.1) is 0 Å². The van der Waals surface area contributed by atoms with Crippen LogP contribution in [-0.2, 0) is 9.53 Å². The first-order valence-corrected chi connectivity index (χ1v) is 5.44. The number of pyridine rings is 1. The van der Waals surface area contributed by atoms with Crippen molar-refractivity contribution < 1.29 is 14.7 Å². The molecule has 2 N–H and O–H groups in total. The van der Waals surface area contributed by atoms with E-state index in [1.54, 1.807) is 12.4 Å². The number of esters is 1. The van der Waals surface area contributed by atoms with E-state index in [2.05, 4.69) is 4.98 Å². The predicted molar refractivity (Wildman–Crippen MR) is 63.8 cm³/mol. The normalized spacial score (nSPS) is 11.2. The van der Waals surface area contributed by atoms with Gasteiger partial charge in [0.15, 0.2) is 0 Å². The highest BCUT2D eigenvalue weighted by Crippen LogP contribution is 2.21. The summed E-state index contributed by atoms with van der Waals surface area (Å²) >= 11 is 11.5. The second kappa shape index (κ2) is 6.44. The molecule has 1 aromatic rings. The maximum atomic E-state index is 11.6. The van der Waals surface area contributed by atoms with E-state index in [9.17, 15) is 4.79 Å². The van der Waals surface area contributed by atoms with Crippen LogP contribution in [0.1, 0.15) is 12.6 Å². The average Bonchev–Trinajstić information content (AvgIpc) is 2.24. The molecule has 92 valence electrons. The highest BCUT2D eigenvalue weighted by atomic mass is 35.5. The van der Waals surface area contributed by atoms with Gasteiger partial charge in [0.1, 0.15) is 10.7 Å². The van der Waals surface area contributed by atoms with Crippen molar-refractivity contribution in [1.82, 2.24) is 10.5 Å². The number of hydrogen-bond donors (Lipinski definition) is 2. The third kappa shape index (κ3) is 3.89. The minimum Gasteiger partial charge on any atom is -0.462 e. The molecule has 0 unspecified atom stereocenters. The molecule has 1 rings (SSSR count). The Morgan fingerprint density at radius 2 is 2.29 bits per heavy atom. The van der Waals surface area contributed by atoms with Crippen LogP contribution in [0.4, 0.5) is 0 Å². The minimum absolute atomic E-state index is 0.0266. The second-order valence-electron chi connectivity index (χ2n) is 2.90. The van der Waals surface area contributed by atoms with Gasteiger partial charge in [0.2, 0.25) is 0 Å². The molecule has 0 spiro atoms. The maximum absolute atomic E-state index is 11.6. The number of aromatic nitrogens is 1. The van der Waals surface area contributed by atoms with Crippen molar-refractivity contribution in [3.63, 3.8) is 0 Å². The van der Waals surface area contributed by atoms with Crippen LogP contribution in [0.3, 0.4) is 0 Å². The van der Waals surface area contributed by atoms with Crippen LogP contribution >= 0.6 is 23.2 Å². The molecular formula is C10H10Cl2N2O3. The Kier molecular flexibility index (Phi) is 5.21. The fraction of sp³-hybridized carbons (Fsp3) is 0.200. The molecule has 0 saturated carbocycles. The summed E-state index contributed by atoms with van der Waals surface area (Å²) in [6, 6.07) is 2.87. The third-order valence-electron chi connectivity index (χ3n) is 1.74. The fourth-order valence-electron chi connectivity index (χ4n) is 1.11. The molecule has 17 heavy (non-hydrogen) atoms. The topological polar surface area (TPSA) is 71.5 Å². The van der Waals surface area contributed by atoms with Gasteiger partial charge < -0.3 is 4.74 Å². The summed E-state index contributed by atoms with van der Waals surface area (Å²) in [4.78, 5) is 15.5. The Hall–Kier alpha value is -1.30. The molecule has 0 fully saturated rings. The lowest BCUT2D eigenvalue weighted by atomic mass is 10.2. The van der Waals surface area contributed by atoms with Crippen molar-refractivity contribution in [2.24, 2.45) is 0 Å². The molecule has 0 radical (unpaired) electrons. The standard InChI is InChI=1S/C10H10Cl2N2O3/c1-2-17-10(15)7(5-13-16)8-3-6(11)4-9(12)14-8/h3-5,13,16H,2H2,1H3/b7-5-. The SMILES string of the molecule is CCOC(=O)/C(=C\NO)c1cc(Cl)cc(Cl)n1. The van der Waals surface area contributed by atoms with Gasteiger partial charge in [-0.1, -0.05) is 23.2 Å². The molecule has 0 saturated heterocycles. The predicted octanol–water partition coefficient (Wildman–Crippen LogP) is 2.27. The zero-order chi connectivity index (χ0) is 12.8. The minimum atomic E-state index is -0.639. The highest BCUT2D eigenvalue weighted by molar-refractivity contribution is 6.34. The number of ether oxygens (including phenoxy) is 1. The van der Waals surface area contributed by atoms with Gasteiger partial charge in [0, 0.05) is 11.2 Å². The smallest absolute Gasteiger partial charge is 0.341 e. The molecule has 0 atom stereocenters. The van der Waals surface area contributed by atoms with Crippen molar-refractivity contribution in [2.75, 3.05) is 6.61 Å². The van der Waals surface area contributed by atoms with E-state index < -0.39 is 5.97 Å². The quantitative estimate of drug-likeness (QED) is 0.382. The van der Waals surface area contributed by atoms with Gasteiger partial charge in [-0.15, -0.1) is 0 Å². The third-order valence-corrected chi connectivity index (χ3v) is 2.15. The lowest BCUT2D eigenvalue weighted by molar-refractivity contribution is -0.136. The fourth-order valence-corrected chi connectivity index (χ4v) is 1.59. The summed E-state index contributed by atoms with van der Waals surface area (Å²) in [5.41, 5.74) is 1.99. The molecule has 7 heteroatoms. The first-order valence-electron chi connectivity index (χ1n) is 4.68. The number of nitrogens with one attached hydrogen (secondary N) is 1. The van der Waals surface area contributed by atoms with E-state index in [0.29, 0.717) is 5.02 Å². The molecule has 0 amide bonds. The molecule has 0 aliphatic carbocycles. The summed E-state index contributed by atoms with van der Waals surface area (Å²) in [6.45, 7) is 1.87. The van der Waals surface area contributed by atoms with E-state index >= 15 is 0 Å². The zero-order valence-corrected chi connectivity index (χ0v) is 10.4. The molecule has 0 aliphatic heterocycles. The van der Waals surface area contributed by atoms with Crippen molar-refractivity contribution in [2.45, 2.75) is 6.92 Å². The van der Waals surface area contributed by atoms with Gasteiger partial charge in [-0.05, 0) is 19.1 Å². The number of rotatable bonds is 4. The van der Waals surface area contributed by atoms with Gasteiger partial charge in [-0.3, -0.25) is 10.7 Å². The summed E-state index contributed by atoms with van der Waals surface area (Å²) in [7, 11) is 0. The lowest BCUT2D eigenvalue weighted by Crippen LogP contribution is -2.11. The number of carbonyl (C=O) groups excluding carboxylic acids is 1. The molecule has 1 aromatic heterocycles. The van der Waals surface area contributed by atoms with Gasteiger partial charge in [-0.25, -0.2) is 9.78 Å². The number of halogens is 2. The lowest BCUT2D eigenvalue weighted by Gasteiger charge is -2.07. The summed E-state index contributed by atoms with van der Waals surface area (Å²) in [5.74, 6) is -0.639. The number of nitrogens with zero attached hydrogens (tertiary/aromatic N) is 1. The first-order chi connectivity index (χ1) is 8.08. The zero-order valence-electron chi connectivity index (χ0n) is 8.91. The van der Waals surface area contributed by atoms with Crippen molar-refractivity contribution >= 4 is 34.7 Å². The first kappa shape index (κ1) is 13.8. The second-order valence-corrected chi connectivity index (χ2v) is 3.72. The Labute approximate surface area is 108 Å². The summed E-state index contributed by atoms with van der Waals surface area (Å²) in [5, 5.41) is 9.09. The number of hydroxylamine groups is 1. The van der Waals surface area contributed by atoms with E-state index in [1.807, 2.05) is 0 Å². The summed E-state index contributed by atoms with van der Waals surface area (Å²) < 4.78 is 4.81. The van der Waals surface area contributed by atoms with Gasteiger partial charge in [0.25, 0.3) is 0 Å². The molecule has 0 aliphatic rings. The van der Waals surface area contributed by atoms with E-state index in [4.69, 9.17) is 33.1 Å². The Balaban J connectivity index is 3.14. The van der Waals surface area contributed by atoms with E-state index in [1.165, 1.54) is 12.1 Å². The molecule has 0 bridgehead atoms. The van der Waals surface area contributed by atoms with Gasteiger partial charge in [0.05, 0.1) is 12.3 Å². The average molecular weight is 277 g/mol. The van der Waals surface area contributed by atoms with E-state index in [0.717, 1.165) is 6.20 Å². The molecular weight excluding hydrogens is 267 g/mol. The Morgan fingerprint density at radius 1 is 1.59 bits per heavy atom. The summed E-state index contributed by atoms with van der Waals surface area (Å²) in [6.07, 6.45) is 1.05. The van der Waals surface area contributed by atoms with Crippen LogP contribution in [0.25, 0.3) is 5.57 Å². The molecule has 5 nitrogen and oxygen atoms in total. The van der Waals surface area contributed by atoms with Gasteiger partial charge >= 0.3 is 5.97 Å². The van der Waals surface area contributed by atoms with E-state index in [-0.39, 0.29) is 23.0 Å². The van der Waals surface area contributed by atoms with Gasteiger partial charge in [-0.2, -0.15) is 0 Å². The van der Waals surface area contributed by atoms with Crippen LogP contribution < -0.4 is 5.48 Å². The van der Waals surface area contributed by atoms with Crippen molar-refractivity contribution in [3.05, 3.63) is 34.2 Å². The largest absolute Gasteiger partial charge is 0.462 e. The van der Waals surface area contributed by atoms with Crippen molar-refractivity contribution in [1.29, 1.82) is 0 Å². The highest BCUT2D eigenvalue weighted by Gasteiger charge is 2.15. The Morgan fingerprint density at radius 3 is 2.82 bits per heavy atom. The number of carbonyl (C=O) groups is 1. The monoisotopic (exact) mass is 276 g/mol. The van der Waals surface area contributed by atoms with Crippen LogP contribution in [0.2, 0.25) is 10.2 Å². The maximum Gasteiger partial charge on any atom is 0.341 e. The number of hydrogen-bond acceptors (Lipinski definition) is 5. The van der Waals surface area contributed by atoms with Crippen LogP contribution in [-0.4, -0.2) is 22.8 Å². The van der Waals surface area contributed by atoms with Crippen LogP contribution in [0.5, 0.6) is 0 Å². The molecule has 1 heterocycles. The Bertz CT molecular complexity index is 429. The van der Waals surface area contributed by atoms with Crippen LogP contribution in [0.15, 0.2) is 18.3 Å². The molecule has 0 aromatic carbocycles.